The van der Waals surface area contributed by atoms with E-state index >= 15 is 0 Å². The van der Waals surface area contributed by atoms with Gasteiger partial charge in [0.25, 0.3) is 5.69 Å². The first-order valence-corrected chi connectivity index (χ1v) is 6.04. The maximum atomic E-state index is 10.7. The van der Waals surface area contributed by atoms with Crippen LogP contribution in [0.3, 0.4) is 0 Å². The van der Waals surface area contributed by atoms with Crippen molar-refractivity contribution in [3.8, 4) is 11.3 Å². The Morgan fingerprint density at radius 3 is 2.79 bits per heavy atom. The molecule has 0 aliphatic heterocycles. The SMILES string of the molecule is CCCc1c(N)noc1-c1ccc([N+](=O)[O-])cc1C. The Kier molecular flexibility index (Phi) is 3.50. The Morgan fingerprint density at radius 2 is 2.21 bits per heavy atom. The van der Waals surface area contributed by atoms with Gasteiger partial charge in [-0.05, 0) is 25.0 Å². The van der Waals surface area contributed by atoms with Gasteiger partial charge in [-0.25, -0.2) is 0 Å². The molecule has 0 radical (unpaired) electrons. The number of nitro benzene ring substituents is 1. The molecule has 0 aliphatic rings. The van der Waals surface area contributed by atoms with Crippen molar-refractivity contribution >= 4 is 11.5 Å². The van der Waals surface area contributed by atoms with Gasteiger partial charge in [-0.15, -0.1) is 0 Å². The lowest BCUT2D eigenvalue weighted by molar-refractivity contribution is -0.384. The van der Waals surface area contributed by atoms with Crippen molar-refractivity contribution < 1.29 is 9.45 Å². The largest absolute Gasteiger partial charge is 0.381 e. The summed E-state index contributed by atoms with van der Waals surface area (Å²) in [6.45, 7) is 3.84. The number of rotatable bonds is 4. The summed E-state index contributed by atoms with van der Waals surface area (Å²) in [4.78, 5) is 10.3. The molecule has 0 saturated carbocycles. The highest BCUT2D eigenvalue weighted by Gasteiger charge is 2.18. The quantitative estimate of drug-likeness (QED) is 0.674. The van der Waals surface area contributed by atoms with Crippen LogP contribution in [0.4, 0.5) is 11.5 Å². The average molecular weight is 261 g/mol. The van der Waals surface area contributed by atoms with E-state index < -0.39 is 4.92 Å². The molecule has 0 spiro atoms. The van der Waals surface area contributed by atoms with E-state index in [9.17, 15) is 10.1 Å². The minimum atomic E-state index is -0.418. The van der Waals surface area contributed by atoms with E-state index in [0.29, 0.717) is 11.6 Å². The second kappa shape index (κ2) is 5.09. The Balaban J connectivity index is 2.50. The zero-order chi connectivity index (χ0) is 14.0. The third-order valence-electron chi connectivity index (χ3n) is 2.98. The minimum Gasteiger partial charge on any atom is -0.381 e. The summed E-state index contributed by atoms with van der Waals surface area (Å²) in [6.07, 6.45) is 1.69. The van der Waals surface area contributed by atoms with Crippen LogP contribution >= 0.6 is 0 Å². The van der Waals surface area contributed by atoms with Crippen LogP contribution < -0.4 is 5.73 Å². The first-order chi connectivity index (χ1) is 9.04. The van der Waals surface area contributed by atoms with Gasteiger partial charge in [0.2, 0.25) is 0 Å². The molecule has 0 unspecified atom stereocenters. The molecule has 100 valence electrons. The van der Waals surface area contributed by atoms with Gasteiger partial charge in [-0.1, -0.05) is 18.5 Å². The zero-order valence-corrected chi connectivity index (χ0v) is 10.8. The molecule has 0 fully saturated rings. The van der Waals surface area contributed by atoms with Gasteiger partial charge < -0.3 is 10.3 Å². The fourth-order valence-electron chi connectivity index (χ4n) is 2.04. The lowest BCUT2D eigenvalue weighted by atomic mass is 10.0. The van der Waals surface area contributed by atoms with Crippen molar-refractivity contribution in [3.63, 3.8) is 0 Å². The first kappa shape index (κ1) is 13.1. The van der Waals surface area contributed by atoms with Gasteiger partial charge in [0.1, 0.15) is 0 Å². The molecule has 0 bridgehead atoms. The number of non-ortho nitro benzene ring substituents is 1. The van der Waals surface area contributed by atoms with E-state index in [2.05, 4.69) is 5.16 Å². The van der Waals surface area contributed by atoms with Gasteiger partial charge in [-0.2, -0.15) is 0 Å². The molecule has 19 heavy (non-hydrogen) atoms. The molecule has 2 rings (SSSR count). The summed E-state index contributed by atoms with van der Waals surface area (Å²) in [7, 11) is 0. The highest BCUT2D eigenvalue weighted by Crippen LogP contribution is 2.32. The van der Waals surface area contributed by atoms with Crippen LogP contribution in [0.15, 0.2) is 22.7 Å². The second-order valence-electron chi connectivity index (χ2n) is 4.38. The fourth-order valence-corrected chi connectivity index (χ4v) is 2.04. The number of hydrogen-bond donors (Lipinski definition) is 1. The summed E-state index contributed by atoms with van der Waals surface area (Å²) in [5, 5.41) is 14.5. The van der Waals surface area contributed by atoms with Gasteiger partial charge in [0, 0.05) is 23.3 Å². The molecule has 1 heterocycles. The second-order valence-corrected chi connectivity index (χ2v) is 4.38. The maximum Gasteiger partial charge on any atom is 0.269 e. The average Bonchev–Trinajstić information content (AvgIpc) is 2.72. The van der Waals surface area contributed by atoms with Crippen molar-refractivity contribution in [1.82, 2.24) is 5.16 Å². The van der Waals surface area contributed by atoms with Crippen LogP contribution in [0, 0.1) is 17.0 Å². The Bertz CT molecular complexity index is 620. The molecular formula is C13H15N3O3. The van der Waals surface area contributed by atoms with Crippen LogP contribution in [0.1, 0.15) is 24.5 Å². The third-order valence-corrected chi connectivity index (χ3v) is 2.98. The molecule has 1 aromatic carbocycles. The van der Waals surface area contributed by atoms with Crippen molar-refractivity contribution in [3.05, 3.63) is 39.4 Å². The molecule has 0 aliphatic carbocycles. The van der Waals surface area contributed by atoms with Crippen molar-refractivity contribution in [2.45, 2.75) is 26.7 Å². The molecule has 0 saturated heterocycles. The van der Waals surface area contributed by atoms with Crippen molar-refractivity contribution in [2.24, 2.45) is 0 Å². The molecule has 0 amide bonds. The maximum absolute atomic E-state index is 10.7. The molecular weight excluding hydrogens is 246 g/mol. The number of nitro groups is 1. The number of anilines is 1. The zero-order valence-electron chi connectivity index (χ0n) is 10.8. The molecule has 6 nitrogen and oxygen atoms in total. The topological polar surface area (TPSA) is 95.2 Å². The predicted molar refractivity (Wildman–Crippen MR) is 71.7 cm³/mol. The monoisotopic (exact) mass is 261 g/mol. The van der Waals surface area contributed by atoms with E-state index in [-0.39, 0.29) is 5.69 Å². The van der Waals surface area contributed by atoms with Crippen molar-refractivity contribution in [2.75, 3.05) is 5.73 Å². The smallest absolute Gasteiger partial charge is 0.269 e. The van der Waals surface area contributed by atoms with E-state index in [0.717, 1.165) is 29.5 Å². The summed E-state index contributed by atoms with van der Waals surface area (Å²) in [5.41, 5.74) is 8.26. The van der Waals surface area contributed by atoms with Gasteiger partial charge in [0.05, 0.1) is 4.92 Å². The number of nitrogens with zero attached hydrogens (tertiary/aromatic N) is 2. The van der Waals surface area contributed by atoms with Crippen LogP contribution in [-0.4, -0.2) is 10.1 Å². The van der Waals surface area contributed by atoms with Gasteiger partial charge in [0.15, 0.2) is 11.6 Å². The number of benzene rings is 1. The molecule has 2 aromatic rings. The van der Waals surface area contributed by atoms with Crippen LogP contribution in [0.25, 0.3) is 11.3 Å². The molecule has 6 heteroatoms. The molecule has 1 aromatic heterocycles. The Labute approximate surface area is 110 Å². The normalized spacial score (nSPS) is 10.6. The van der Waals surface area contributed by atoms with Crippen LogP contribution in [0.2, 0.25) is 0 Å². The lowest BCUT2D eigenvalue weighted by Gasteiger charge is -2.04. The number of aromatic nitrogens is 1. The number of nitrogen functional groups attached to an aromatic ring is 1. The first-order valence-electron chi connectivity index (χ1n) is 6.04. The summed E-state index contributed by atoms with van der Waals surface area (Å²) < 4.78 is 5.27. The summed E-state index contributed by atoms with van der Waals surface area (Å²) in [5.74, 6) is 0.987. The molecule has 2 N–H and O–H groups in total. The lowest BCUT2D eigenvalue weighted by Crippen LogP contribution is -1.94. The Hall–Kier alpha value is -2.37. The Morgan fingerprint density at radius 1 is 1.47 bits per heavy atom. The van der Waals surface area contributed by atoms with Crippen LogP contribution in [0.5, 0.6) is 0 Å². The van der Waals surface area contributed by atoms with Gasteiger partial charge >= 0.3 is 0 Å². The number of nitrogens with two attached hydrogens (primary N) is 1. The van der Waals surface area contributed by atoms with E-state index in [1.807, 2.05) is 6.92 Å². The third kappa shape index (κ3) is 2.42. The summed E-state index contributed by atoms with van der Waals surface area (Å²) in [6, 6.07) is 4.65. The number of aryl methyl sites for hydroxylation is 1. The van der Waals surface area contributed by atoms with E-state index in [4.69, 9.17) is 10.3 Å². The summed E-state index contributed by atoms with van der Waals surface area (Å²) >= 11 is 0. The highest BCUT2D eigenvalue weighted by molar-refractivity contribution is 5.70. The number of hydrogen-bond acceptors (Lipinski definition) is 5. The molecule has 0 atom stereocenters. The van der Waals surface area contributed by atoms with E-state index in [1.165, 1.54) is 12.1 Å². The minimum absolute atomic E-state index is 0.0609. The predicted octanol–water partition coefficient (Wildman–Crippen LogP) is 3.09. The highest BCUT2D eigenvalue weighted by atomic mass is 16.6. The van der Waals surface area contributed by atoms with Crippen molar-refractivity contribution in [1.29, 1.82) is 0 Å². The van der Waals surface area contributed by atoms with Crippen LogP contribution in [-0.2, 0) is 6.42 Å². The van der Waals surface area contributed by atoms with E-state index in [1.54, 1.807) is 13.0 Å². The van der Waals surface area contributed by atoms with Gasteiger partial charge in [-0.3, -0.25) is 10.1 Å². The standard InChI is InChI=1S/C13H15N3O3/c1-3-4-11-12(19-15-13(11)14)10-6-5-9(16(17)18)7-8(10)2/h5-7H,3-4H2,1-2H3,(H2,14,15). The fraction of sp³-hybridized carbons (Fsp3) is 0.308.